The van der Waals surface area contributed by atoms with Gasteiger partial charge in [0, 0.05) is 19.0 Å². The van der Waals surface area contributed by atoms with Crippen molar-refractivity contribution in [2.45, 2.75) is 51.5 Å². The average molecular weight is 318 g/mol. The number of hydrogen-bond donors (Lipinski definition) is 2. The lowest BCUT2D eigenvalue weighted by molar-refractivity contribution is -0.122. The van der Waals surface area contributed by atoms with Gasteiger partial charge in [0.25, 0.3) is 0 Å². The third kappa shape index (κ3) is 5.58. The smallest absolute Gasteiger partial charge is 0.224 e. The van der Waals surface area contributed by atoms with Gasteiger partial charge in [-0.1, -0.05) is 25.0 Å². The van der Waals surface area contributed by atoms with Crippen molar-refractivity contribution in [2.24, 2.45) is 0 Å². The van der Waals surface area contributed by atoms with E-state index in [4.69, 9.17) is 4.74 Å². The molecule has 1 fully saturated rings. The summed E-state index contributed by atoms with van der Waals surface area (Å²) < 4.78 is 5.26. The number of carbonyl (C=O) groups excluding carboxylic acids is 2. The van der Waals surface area contributed by atoms with Crippen LogP contribution in [0.1, 0.15) is 43.2 Å². The fraction of sp³-hybridized carbons (Fsp3) is 0.556. The second-order valence-electron chi connectivity index (χ2n) is 6.13. The van der Waals surface area contributed by atoms with Crippen molar-refractivity contribution in [3.63, 3.8) is 0 Å². The minimum Gasteiger partial charge on any atom is -0.496 e. The van der Waals surface area contributed by atoms with Crippen LogP contribution in [0.4, 0.5) is 0 Å². The lowest BCUT2D eigenvalue weighted by Gasteiger charge is -2.12. The Kier molecular flexibility index (Phi) is 6.44. The van der Waals surface area contributed by atoms with Crippen LogP contribution in [-0.2, 0) is 16.0 Å². The summed E-state index contributed by atoms with van der Waals surface area (Å²) in [6, 6.07) is 6.07. The molecule has 2 rings (SSSR count). The number of rotatable bonds is 7. The first kappa shape index (κ1) is 17.3. The number of ether oxygens (including phenoxy) is 1. The summed E-state index contributed by atoms with van der Waals surface area (Å²) in [7, 11) is 1.62. The molecule has 0 aromatic heterocycles. The van der Waals surface area contributed by atoms with Crippen molar-refractivity contribution in [1.29, 1.82) is 0 Å². The number of amides is 2. The first-order chi connectivity index (χ1) is 11.1. The highest BCUT2D eigenvalue weighted by atomic mass is 16.5. The summed E-state index contributed by atoms with van der Waals surface area (Å²) in [4.78, 5) is 23.7. The molecule has 1 aliphatic rings. The normalized spacial score (nSPS) is 14.5. The zero-order chi connectivity index (χ0) is 16.7. The van der Waals surface area contributed by atoms with Gasteiger partial charge >= 0.3 is 0 Å². The van der Waals surface area contributed by atoms with Crippen LogP contribution in [0, 0.1) is 6.92 Å². The highest BCUT2D eigenvalue weighted by Gasteiger charge is 2.16. The Morgan fingerprint density at radius 3 is 2.65 bits per heavy atom. The first-order valence-electron chi connectivity index (χ1n) is 8.28. The fourth-order valence-corrected chi connectivity index (χ4v) is 2.91. The zero-order valence-corrected chi connectivity index (χ0v) is 14.0. The van der Waals surface area contributed by atoms with E-state index in [-0.39, 0.29) is 11.8 Å². The van der Waals surface area contributed by atoms with Gasteiger partial charge in [-0.15, -0.1) is 0 Å². The van der Waals surface area contributed by atoms with Crippen molar-refractivity contribution in [1.82, 2.24) is 10.6 Å². The molecule has 1 aromatic carbocycles. The van der Waals surface area contributed by atoms with Gasteiger partial charge in [0.2, 0.25) is 11.8 Å². The average Bonchev–Trinajstić information content (AvgIpc) is 3.02. The number of carbonyl (C=O) groups is 2. The highest BCUT2D eigenvalue weighted by molar-refractivity contribution is 5.80. The SMILES string of the molecule is COc1cc(CC(=O)NCCC(=O)NC2CCCC2)ccc1C. The number of methoxy groups -OCH3 is 1. The van der Waals surface area contributed by atoms with E-state index in [0.29, 0.717) is 25.4 Å². The Morgan fingerprint density at radius 2 is 1.96 bits per heavy atom. The Morgan fingerprint density at radius 1 is 1.22 bits per heavy atom. The number of nitrogens with one attached hydrogen (secondary N) is 2. The molecule has 1 aliphatic carbocycles. The van der Waals surface area contributed by atoms with Gasteiger partial charge in [0.05, 0.1) is 13.5 Å². The molecule has 126 valence electrons. The van der Waals surface area contributed by atoms with Crippen molar-refractivity contribution < 1.29 is 14.3 Å². The molecule has 0 bridgehead atoms. The van der Waals surface area contributed by atoms with Gasteiger partial charge in [-0.3, -0.25) is 9.59 Å². The number of aryl methyl sites for hydroxylation is 1. The maximum Gasteiger partial charge on any atom is 0.224 e. The van der Waals surface area contributed by atoms with Crippen molar-refractivity contribution in [3.05, 3.63) is 29.3 Å². The van der Waals surface area contributed by atoms with E-state index in [1.807, 2.05) is 25.1 Å². The molecule has 1 aromatic rings. The van der Waals surface area contributed by atoms with E-state index in [1.54, 1.807) is 7.11 Å². The Hall–Kier alpha value is -2.04. The predicted octanol–water partition coefficient (Wildman–Crippen LogP) is 2.11. The molecule has 0 unspecified atom stereocenters. The Labute approximate surface area is 137 Å². The topological polar surface area (TPSA) is 67.4 Å². The predicted molar refractivity (Wildman–Crippen MR) is 89.5 cm³/mol. The second-order valence-corrected chi connectivity index (χ2v) is 6.13. The lowest BCUT2D eigenvalue weighted by Crippen LogP contribution is -2.35. The number of hydrogen-bond acceptors (Lipinski definition) is 3. The third-order valence-corrected chi connectivity index (χ3v) is 4.23. The molecular formula is C18H26N2O3. The molecular weight excluding hydrogens is 292 g/mol. The third-order valence-electron chi connectivity index (χ3n) is 4.23. The molecule has 0 atom stereocenters. The standard InChI is InChI=1S/C18H26N2O3/c1-13-7-8-14(11-16(13)23-2)12-18(22)19-10-9-17(21)20-15-5-3-4-6-15/h7-8,11,15H,3-6,9-10,12H2,1-2H3,(H,19,22)(H,20,21). The van der Waals surface area contributed by atoms with Gasteiger partial charge in [0.1, 0.15) is 5.75 Å². The van der Waals surface area contributed by atoms with E-state index in [0.717, 1.165) is 29.7 Å². The van der Waals surface area contributed by atoms with E-state index >= 15 is 0 Å². The molecule has 0 saturated heterocycles. The molecule has 2 N–H and O–H groups in total. The van der Waals surface area contributed by atoms with Crippen molar-refractivity contribution in [3.8, 4) is 5.75 Å². The van der Waals surface area contributed by atoms with Crippen molar-refractivity contribution >= 4 is 11.8 Å². The summed E-state index contributed by atoms with van der Waals surface area (Å²) in [5.41, 5.74) is 1.94. The van der Waals surface area contributed by atoms with E-state index in [9.17, 15) is 9.59 Å². The van der Waals surface area contributed by atoms with E-state index in [2.05, 4.69) is 10.6 Å². The van der Waals surface area contributed by atoms with Gasteiger partial charge in [0.15, 0.2) is 0 Å². The van der Waals surface area contributed by atoms with Crippen LogP contribution in [0.5, 0.6) is 5.75 Å². The summed E-state index contributed by atoms with van der Waals surface area (Å²) in [5.74, 6) is 0.727. The van der Waals surface area contributed by atoms with E-state index in [1.165, 1.54) is 12.8 Å². The van der Waals surface area contributed by atoms with Gasteiger partial charge in [-0.05, 0) is 37.0 Å². The molecule has 0 radical (unpaired) electrons. The first-order valence-corrected chi connectivity index (χ1v) is 8.28. The quantitative estimate of drug-likeness (QED) is 0.809. The molecule has 0 aliphatic heterocycles. The van der Waals surface area contributed by atoms with Crippen LogP contribution in [0.15, 0.2) is 18.2 Å². The monoisotopic (exact) mass is 318 g/mol. The van der Waals surface area contributed by atoms with Crippen LogP contribution in [0.25, 0.3) is 0 Å². The van der Waals surface area contributed by atoms with Crippen LogP contribution >= 0.6 is 0 Å². The molecule has 23 heavy (non-hydrogen) atoms. The molecule has 0 spiro atoms. The Balaban J connectivity index is 1.69. The van der Waals surface area contributed by atoms with Crippen LogP contribution in [0.2, 0.25) is 0 Å². The summed E-state index contributed by atoms with van der Waals surface area (Å²) in [6.07, 6.45) is 5.17. The van der Waals surface area contributed by atoms with Crippen LogP contribution in [-0.4, -0.2) is 31.5 Å². The fourth-order valence-electron chi connectivity index (χ4n) is 2.91. The second kappa shape index (κ2) is 8.56. The lowest BCUT2D eigenvalue weighted by atomic mass is 10.1. The van der Waals surface area contributed by atoms with Gasteiger partial charge < -0.3 is 15.4 Å². The van der Waals surface area contributed by atoms with E-state index < -0.39 is 0 Å². The molecule has 5 heteroatoms. The molecule has 1 saturated carbocycles. The minimum absolute atomic E-state index is 0.0224. The summed E-state index contributed by atoms with van der Waals surface area (Å²) >= 11 is 0. The summed E-state index contributed by atoms with van der Waals surface area (Å²) in [5, 5.41) is 5.82. The van der Waals surface area contributed by atoms with Crippen LogP contribution in [0.3, 0.4) is 0 Å². The molecule has 2 amide bonds. The zero-order valence-electron chi connectivity index (χ0n) is 14.0. The highest BCUT2D eigenvalue weighted by Crippen LogP contribution is 2.19. The largest absolute Gasteiger partial charge is 0.496 e. The number of benzene rings is 1. The maximum absolute atomic E-state index is 11.9. The summed E-state index contributed by atoms with van der Waals surface area (Å²) in [6.45, 7) is 2.34. The van der Waals surface area contributed by atoms with Crippen LogP contribution < -0.4 is 15.4 Å². The van der Waals surface area contributed by atoms with Gasteiger partial charge in [-0.2, -0.15) is 0 Å². The maximum atomic E-state index is 11.9. The van der Waals surface area contributed by atoms with Gasteiger partial charge in [-0.25, -0.2) is 0 Å². The molecule has 0 heterocycles. The van der Waals surface area contributed by atoms with Crippen molar-refractivity contribution in [2.75, 3.05) is 13.7 Å². The molecule has 5 nitrogen and oxygen atoms in total. The minimum atomic E-state index is -0.0791. The Bertz CT molecular complexity index is 551.